The van der Waals surface area contributed by atoms with Crippen molar-refractivity contribution in [3.63, 3.8) is 0 Å². The second kappa shape index (κ2) is 7.05. The summed E-state index contributed by atoms with van der Waals surface area (Å²) in [5.74, 6) is -0.333. The van der Waals surface area contributed by atoms with E-state index in [1.165, 1.54) is 13.1 Å². The van der Waals surface area contributed by atoms with Crippen LogP contribution >= 0.6 is 0 Å². The molecule has 2 amide bonds. The van der Waals surface area contributed by atoms with Crippen LogP contribution in [-0.2, 0) is 9.59 Å². The molecule has 25 heavy (non-hydrogen) atoms. The van der Waals surface area contributed by atoms with E-state index in [1.54, 1.807) is 16.0 Å². The Labute approximate surface area is 144 Å². The number of hydrogen-bond acceptors (Lipinski definition) is 5. The second-order valence-electron chi connectivity index (χ2n) is 5.78. The number of hydrogen-bond donors (Lipinski definition) is 2. The highest BCUT2D eigenvalue weighted by Crippen LogP contribution is 2.17. The average molecular weight is 338 g/mol. The van der Waals surface area contributed by atoms with Gasteiger partial charge in [0, 0.05) is 50.4 Å². The summed E-state index contributed by atoms with van der Waals surface area (Å²) in [7, 11) is 0. The molecule has 128 valence electrons. The summed E-state index contributed by atoms with van der Waals surface area (Å²) in [4.78, 5) is 27.1. The molecule has 0 atom stereocenters. The standard InChI is InChI=1S/C17H18N6O2/c1-12(24)22-4-6-23(7-5-22)17(25)14(9-18)10-19-15-3-2-13-11-20-21-16(13)8-15/h2-3,8,10-11,19H,4-7H2,1H3,(H,20,21)/b14-10-. The third kappa shape index (κ3) is 3.61. The quantitative estimate of drug-likeness (QED) is 0.643. The third-order valence-corrected chi connectivity index (χ3v) is 4.19. The number of nitriles is 1. The van der Waals surface area contributed by atoms with Gasteiger partial charge in [0.25, 0.3) is 5.91 Å². The van der Waals surface area contributed by atoms with Crippen LogP contribution in [0.25, 0.3) is 10.9 Å². The molecule has 0 bridgehead atoms. The Morgan fingerprint density at radius 2 is 2.00 bits per heavy atom. The number of nitrogens with one attached hydrogen (secondary N) is 2. The molecular weight excluding hydrogens is 320 g/mol. The van der Waals surface area contributed by atoms with Gasteiger partial charge in [-0.15, -0.1) is 0 Å². The van der Waals surface area contributed by atoms with Crippen LogP contribution in [0.2, 0.25) is 0 Å². The van der Waals surface area contributed by atoms with Crippen molar-refractivity contribution >= 4 is 28.4 Å². The average Bonchev–Trinajstić information content (AvgIpc) is 3.10. The van der Waals surface area contributed by atoms with Crippen molar-refractivity contribution in [2.24, 2.45) is 0 Å². The summed E-state index contributed by atoms with van der Waals surface area (Å²) in [5.41, 5.74) is 1.64. The Morgan fingerprint density at radius 1 is 1.28 bits per heavy atom. The fourth-order valence-electron chi connectivity index (χ4n) is 2.72. The zero-order valence-corrected chi connectivity index (χ0v) is 13.8. The normalized spacial score (nSPS) is 15.1. The van der Waals surface area contributed by atoms with Crippen LogP contribution in [0.1, 0.15) is 6.92 Å². The number of anilines is 1. The lowest BCUT2D eigenvalue weighted by Crippen LogP contribution is -2.50. The zero-order chi connectivity index (χ0) is 17.8. The van der Waals surface area contributed by atoms with Gasteiger partial charge in [0.2, 0.25) is 5.91 Å². The van der Waals surface area contributed by atoms with Crippen LogP contribution in [0.3, 0.4) is 0 Å². The second-order valence-corrected chi connectivity index (χ2v) is 5.78. The lowest BCUT2D eigenvalue weighted by Gasteiger charge is -2.34. The van der Waals surface area contributed by atoms with E-state index in [2.05, 4.69) is 15.5 Å². The van der Waals surface area contributed by atoms with Crippen molar-refractivity contribution in [2.45, 2.75) is 6.92 Å². The van der Waals surface area contributed by atoms with Crippen molar-refractivity contribution in [1.29, 1.82) is 5.26 Å². The van der Waals surface area contributed by atoms with Gasteiger partial charge in [-0.25, -0.2) is 0 Å². The summed E-state index contributed by atoms with van der Waals surface area (Å²) in [5, 5.41) is 20.1. The van der Waals surface area contributed by atoms with Crippen LogP contribution in [0.15, 0.2) is 36.2 Å². The molecule has 0 saturated carbocycles. The Morgan fingerprint density at radius 3 is 2.68 bits per heavy atom. The van der Waals surface area contributed by atoms with E-state index >= 15 is 0 Å². The Bertz CT molecular complexity index is 871. The van der Waals surface area contributed by atoms with Gasteiger partial charge in [-0.2, -0.15) is 10.4 Å². The maximum atomic E-state index is 12.5. The van der Waals surface area contributed by atoms with Gasteiger partial charge in [-0.1, -0.05) is 0 Å². The van der Waals surface area contributed by atoms with Gasteiger partial charge < -0.3 is 15.1 Å². The lowest BCUT2D eigenvalue weighted by atomic mass is 10.2. The topological polar surface area (TPSA) is 105 Å². The summed E-state index contributed by atoms with van der Waals surface area (Å²) in [6.07, 6.45) is 3.14. The smallest absolute Gasteiger partial charge is 0.266 e. The van der Waals surface area contributed by atoms with Crippen LogP contribution in [0.4, 0.5) is 5.69 Å². The molecule has 8 heteroatoms. The predicted octanol–water partition coefficient (Wildman–Crippen LogP) is 1.07. The predicted molar refractivity (Wildman–Crippen MR) is 92.2 cm³/mol. The van der Waals surface area contributed by atoms with Crippen molar-refractivity contribution in [2.75, 3.05) is 31.5 Å². The number of piperazine rings is 1. The Balaban J connectivity index is 1.66. The first-order valence-corrected chi connectivity index (χ1v) is 7.93. The summed E-state index contributed by atoms with van der Waals surface area (Å²) in [6.45, 7) is 3.35. The van der Waals surface area contributed by atoms with E-state index in [1.807, 2.05) is 24.3 Å². The lowest BCUT2D eigenvalue weighted by molar-refractivity contribution is -0.136. The number of rotatable bonds is 3. The van der Waals surface area contributed by atoms with Crippen molar-refractivity contribution in [3.8, 4) is 6.07 Å². The van der Waals surface area contributed by atoms with E-state index < -0.39 is 0 Å². The third-order valence-electron chi connectivity index (χ3n) is 4.19. The molecule has 2 N–H and O–H groups in total. The molecular formula is C17H18N6O2. The molecule has 0 aliphatic carbocycles. The highest BCUT2D eigenvalue weighted by atomic mass is 16.2. The van der Waals surface area contributed by atoms with Crippen molar-refractivity contribution < 1.29 is 9.59 Å². The number of amides is 2. The molecule has 1 aromatic carbocycles. The van der Waals surface area contributed by atoms with Gasteiger partial charge in [0.1, 0.15) is 11.6 Å². The summed E-state index contributed by atoms with van der Waals surface area (Å²) >= 11 is 0. The number of H-pyrrole nitrogens is 1. The zero-order valence-electron chi connectivity index (χ0n) is 13.8. The first-order valence-electron chi connectivity index (χ1n) is 7.93. The molecule has 2 heterocycles. The Hall–Kier alpha value is -3.34. The number of nitrogens with zero attached hydrogens (tertiary/aromatic N) is 4. The Kier molecular flexibility index (Phi) is 4.66. The van der Waals surface area contributed by atoms with Crippen LogP contribution in [0, 0.1) is 11.3 Å². The van der Waals surface area contributed by atoms with E-state index in [9.17, 15) is 14.9 Å². The number of fused-ring (bicyclic) bond motifs is 1. The fraction of sp³-hybridized carbons (Fsp3) is 0.294. The molecule has 2 aromatic rings. The molecule has 1 saturated heterocycles. The van der Waals surface area contributed by atoms with Gasteiger partial charge >= 0.3 is 0 Å². The molecule has 1 aliphatic heterocycles. The number of aromatic nitrogens is 2. The minimum atomic E-state index is -0.333. The molecule has 8 nitrogen and oxygen atoms in total. The SMILES string of the molecule is CC(=O)N1CCN(C(=O)/C(C#N)=C\Nc2ccc3cn[nH]c3c2)CC1. The van der Waals surface area contributed by atoms with Gasteiger partial charge in [-0.05, 0) is 18.2 Å². The highest BCUT2D eigenvalue weighted by molar-refractivity contribution is 5.97. The number of aromatic amines is 1. The molecule has 1 fully saturated rings. The number of carbonyl (C=O) groups is 2. The highest BCUT2D eigenvalue weighted by Gasteiger charge is 2.24. The van der Waals surface area contributed by atoms with Gasteiger partial charge in [0.15, 0.2) is 0 Å². The number of benzene rings is 1. The molecule has 0 spiro atoms. The van der Waals surface area contributed by atoms with E-state index in [4.69, 9.17) is 0 Å². The van der Waals surface area contributed by atoms with Crippen LogP contribution < -0.4 is 5.32 Å². The van der Waals surface area contributed by atoms with Crippen LogP contribution in [-0.4, -0.2) is 58.0 Å². The molecule has 1 aliphatic rings. The molecule has 0 radical (unpaired) electrons. The van der Waals surface area contributed by atoms with Crippen molar-refractivity contribution in [3.05, 3.63) is 36.2 Å². The molecule has 1 aromatic heterocycles. The van der Waals surface area contributed by atoms with Crippen LogP contribution in [0.5, 0.6) is 0 Å². The van der Waals surface area contributed by atoms with E-state index in [0.717, 1.165) is 16.6 Å². The molecule has 0 unspecified atom stereocenters. The van der Waals surface area contributed by atoms with Gasteiger partial charge in [0.05, 0.1) is 11.7 Å². The number of carbonyl (C=O) groups excluding carboxylic acids is 2. The maximum absolute atomic E-state index is 12.5. The van der Waals surface area contributed by atoms with E-state index in [-0.39, 0.29) is 17.4 Å². The maximum Gasteiger partial charge on any atom is 0.266 e. The molecule has 3 rings (SSSR count). The first kappa shape index (κ1) is 16.5. The summed E-state index contributed by atoms with van der Waals surface area (Å²) < 4.78 is 0. The fourth-order valence-corrected chi connectivity index (χ4v) is 2.72. The minimum Gasteiger partial charge on any atom is -0.360 e. The van der Waals surface area contributed by atoms with Gasteiger partial charge in [-0.3, -0.25) is 14.7 Å². The minimum absolute atomic E-state index is 0.000914. The summed E-state index contributed by atoms with van der Waals surface area (Å²) in [6, 6.07) is 7.53. The monoisotopic (exact) mass is 338 g/mol. The van der Waals surface area contributed by atoms with E-state index in [0.29, 0.717) is 26.2 Å². The first-order chi connectivity index (χ1) is 12.1. The largest absolute Gasteiger partial charge is 0.360 e. The van der Waals surface area contributed by atoms with Crippen molar-refractivity contribution in [1.82, 2.24) is 20.0 Å².